The Labute approximate surface area is 234 Å². The Hall–Kier alpha value is -3.86. The van der Waals surface area contributed by atoms with Gasteiger partial charge in [-0.3, -0.25) is 4.79 Å². The fourth-order valence-electron chi connectivity index (χ4n) is 5.59. The third kappa shape index (κ3) is 5.23. The van der Waals surface area contributed by atoms with Crippen LogP contribution in [0.25, 0.3) is 11.1 Å². The molecule has 1 N–H and O–H groups in total. The van der Waals surface area contributed by atoms with E-state index in [9.17, 15) is 10.1 Å². The molecule has 0 aliphatic carbocycles. The lowest BCUT2D eigenvalue weighted by Crippen LogP contribution is -2.46. The molecule has 5 rings (SSSR count). The summed E-state index contributed by atoms with van der Waals surface area (Å²) in [6.45, 7) is 5.57. The lowest BCUT2D eigenvalue weighted by molar-refractivity contribution is -0.131. The third-order valence-electron chi connectivity index (χ3n) is 7.51. The number of nitrogens with one attached hydrogen (secondary N) is 1. The zero-order chi connectivity index (χ0) is 27.7. The maximum Gasteiger partial charge on any atom is 0.250 e. The number of likely N-dealkylation sites (N-methyl/N-ethyl adjacent to an activating group) is 1. The van der Waals surface area contributed by atoms with Crippen LogP contribution in [0.2, 0.25) is 5.02 Å². The molecule has 1 saturated heterocycles. The summed E-state index contributed by atoms with van der Waals surface area (Å²) in [6.07, 6.45) is 3.89. The standard InChI is InChI=1S/C31H32ClN5O2/c1-19-11-21(32)14-23(12-19)37-18-35-28-13-20(2)25(24-8-5-9-29(39-4)27(24)16-33)15-26(28)30(37)31(38)36(3)17-22-7-6-10-34-22/h5,8-9,11-15,18,22,30,34H,6-7,10,17H2,1-4H3/t22-,30?/m0/s1. The minimum absolute atomic E-state index is 0.0327. The SMILES string of the molecule is COc1cccc(-c2cc3c(cc2C)N=CN(c2cc(C)cc(Cl)c2)C3C(=O)N(C)C[C@@H]2CCCN2)c1C#N. The minimum atomic E-state index is -0.655. The summed E-state index contributed by atoms with van der Waals surface area (Å²) in [5.74, 6) is 0.479. The zero-order valence-electron chi connectivity index (χ0n) is 22.7. The van der Waals surface area contributed by atoms with Crippen LogP contribution in [0.5, 0.6) is 5.75 Å². The van der Waals surface area contributed by atoms with Crippen LogP contribution in [0.3, 0.4) is 0 Å². The van der Waals surface area contributed by atoms with Gasteiger partial charge < -0.3 is 19.9 Å². The number of methoxy groups -OCH3 is 1. The number of halogens is 1. The number of hydrogen-bond donors (Lipinski definition) is 1. The number of fused-ring (bicyclic) bond motifs is 1. The number of amides is 1. The average molecular weight is 542 g/mol. The van der Waals surface area contributed by atoms with Gasteiger partial charge in [0.15, 0.2) is 0 Å². The van der Waals surface area contributed by atoms with Gasteiger partial charge in [-0.05, 0) is 86.3 Å². The van der Waals surface area contributed by atoms with Crippen molar-refractivity contribution < 1.29 is 9.53 Å². The Kier molecular flexibility index (Phi) is 7.60. The number of carbonyl (C=O) groups is 1. The van der Waals surface area contributed by atoms with Gasteiger partial charge in [-0.25, -0.2) is 4.99 Å². The number of benzene rings is 3. The van der Waals surface area contributed by atoms with Gasteiger partial charge in [-0.15, -0.1) is 0 Å². The maximum absolute atomic E-state index is 14.2. The van der Waals surface area contributed by atoms with Gasteiger partial charge in [0.1, 0.15) is 23.4 Å². The number of carbonyl (C=O) groups excluding carboxylic acids is 1. The number of rotatable bonds is 6. The van der Waals surface area contributed by atoms with E-state index in [4.69, 9.17) is 21.3 Å². The Balaban J connectivity index is 1.65. The molecule has 200 valence electrons. The Bertz CT molecular complexity index is 1470. The second-order valence-electron chi connectivity index (χ2n) is 10.3. The summed E-state index contributed by atoms with van der Waals surface area (Å²) < 4.78 is 5.47. The Morgan fingerprint density at radius 3 is 2.74 bits per heavy atom. The molecule has 0 spiro atoms. The number of aryl methyl sites for hydroxylation is 2. The number of hydrogen-bond acceptors (Lipinski definition) is 6. The molecule has 1 unspecified atom stereocenters. The Morgan fingerprint density at radius 2 is 2.05 bits per heavy atom. The summed E-state index contributed by atoms with van der Waals surface area (Å²) in [5, 5.41) is 14.1. The molecule has 1 amide bonds. The maximum atomic E-state index is 14.2. The van der Waals surface area contributed by atoms with Crippen molar-refractivity contribution in [2.24, 2.45) is 4.99 Å². The van der Waals surface area contributed by atoms with Crippen LogP contribution < -0.4 is 15.0 Å². The van der Waals surface area contributed by atoms with Crippen molar-refractivity contribution in [3.8, 4) is 22.9 Å². The van der Waals surface area contributed by atoms with Crippen LogP contribution in [0.15, 0.2) is 53.5 Å². The van der Waals surface area contributed by atoms with E-state index in [0.717, 1.165) is 58.6 Å². The van der Waals surface area contributed by atoms with Crippen molar-refractivity contribution in [2.75, 3.05) is 32.1 Å². The van der Waals surface area contributed by atoms with Gasteiger partial charge >= 0.3 is 0 Å². The number of ether oxygens (including phenoxy) is 1. The minimum Gasteiger partial charge on any atom is -0.495 e. The molecule has 2 aliphatic heterocycles. The van der Waals surface area contributed by atoms with Gasteiger partial charge in [-0.1, -0.05) is 23.7 Å². The van der Waals surface area contributed by atoms with Gasteiger partial charge in [-0.2, -0.15) is 5.26 Å². The summed E-state index contributed by atoms with van der Waals surface area (Å²) in [5.41, 5.74) is 6.33. The van der Waals surface area contributed by atoms with E-state index < -0.39 is 6.04 Å². The summed E-state index contributed by atoms with van der Waals surface area (Å²) in [4.78, 5) is 22.7. The molecule has 2 atom stereocenters. The van der Waals surface area contributed by atoms with Crippen molar-refractivity contribution in [3.05, 3.63) is 75.8 Å². The van der Waals surface area contributed by atoms with Crippen molar-refractivity contribution in [1.29, 1.82) is 5.26 Å². The first-order chi connectivity index (χ1) is 18.8. The van der Waals surface area contributed by atoms with Crippen LogP contribution in [-0.2, 0) is 4.79 Å². The number of anilines is 1. The lowest BCUT2D eigenvalue weighted by atomic mass is 9.89. The van der Waals surface area contributed by atoms with E-state index in [2.05, 4.69) is 11.4 Å². The number of nitriles is 1. The molecule has 3 aromatic rings. The van der Waals surface area contributed by atoms with Crippen LogP contribution in [0, 0.1) is 25.2 Å². The quantitative estimate of drug-likeness (QED) is 0.418. The molecule has 2 aliphatic rings. The zero-order valence-corrected chi connectivity index (χ0v) is 23.4. The molecule has 3 aromatic carbocycles. The predicted octanol–water partition coefficient (Wildman–Crippen LogP) is 5.94. The molecular formula is C31H32ClN5O2. The summed E-state index contributed by atoms with van der Waals surface area (Å²) in [6, 6.07) is 17.2. The third-order valence-corrected chi connectivity index (χ3v) is 7.73. The van der Waals surface area contributed by atoms with Gasteiger partial charge in [0.2, 0.25) is 5.91 Å². The molecule has 0 bridgehead atoms. The van der Waals surface area contributed by atoms with Crippen LogP contribution >= 0.6 is 11.6 Å². The highest BCUT2D eigenvalue weighted by Crippen LogP contribution is 2.42. The topological polar surface area (TPSA) is 81.0 Å². The van der Waals surface area contributed by atoms with E-state index in [1.807, 2.05) is 73.2 Å². The fraction of sp³-hybridized carbons (Fsp3) is 0.323. The van der Waals surface area contributed by atoms with E-state index in [-0.39, 0.29) is 11.9 Å². The second kappa shape index (κ2) is 11.1. The number of nitrogens with zero attached hydrogens (tertiary/aromatic N) is 4. The van der Waals surface area contributed by atoms with Crippen molar-refractivity contribution in [3.63, 3.8) is 0 Å². The van der Waals surface area contributed by atoms with Crippen molar-refractivity contribution in [1.82, 2.24) is 10.2 Å². The Morgan fingerprint density at radius 1 is 1.23 bits per heavy atom. The van der Waals surface area contributed by atoms with Gasteiger partial charge in [0.25, 0.3) is 0 Å². The van der Waals surface area contributed by atoms with Crippen LogP contribution in [0.4, 0.5) is 11.4 Å². The van der Waals surface area contributed by atoms with Crippen molar-refractivity contribution in [2.45, 2.75) is 38.8 Å². The molecule has 0 aromatic heterocycles. The summed E-state index contributed by atoms with van der Waals surface area (Å²) in [7, 11) is 3.42. The molecule has 1 fully saturated rings. The van der Waals surface area contributed by atoms with Gasteiger partial charge in [0.05, 0.1) is 19.1 Å². The first-order valence-electron chi connectivity index (χ1n) is 13.1. The summed E-state index contributed by atoms with van der Waals surface area (Å²) >= 11 is 6.44. The predicted molar refractivity (Wildman–Crippen MR) is 156 cm³/mol. The van der Waals surface area contributed by atoms with E-state index in [1.165, 1.54) is 0 Å². The van der Waals surface area contributed by atoms with Crippen LogP contribution in [-0.4, -0.2) is 50.4 Å². The highest BCUT2D eigenvalue weighted by atomic mass is 35.5. The van der Waals surface area contributed by atoms with E-state index >= 15 is 0 Å². The van der Waals surface area contributed by atoms with E-state index in [1.54, 1.807) is 19.5 Å². The normalized spacial score (nSPS) is 18.0. The highest BCUT2D eigenvalue weighted by Gasteiger charge is 2.36. The monoisotopic (exact) mass is 541 g/mol. The molecule has 0 saturated carbocycles. The van der Waals surface area contributed by atoms with Crippen LogP contribution in [0.1, 0.15) is 41.1 Å². The van der Waals surface area contributed by atoms with Gasteiger partial charge in [0, 0.05) is 41.5 Å². The number of aliphatic imine (C=N–C) groups is 1. The molecule has 2 heterocycles. The highest BCUT2D eigenvalue weighted by molar-refractivity contribution is 6.31. The first kappa shape index (κ1) is 26.7. The first-order valence-corrected chi connectivity index (χ1v) is 13.5. The molecule has 0 radical (unpaired) electrons. The van der Waals surface area contributed by atoms with E-state index in [0.29, 0.717) is 22.9 Å². The molecule has 39 heavy (non-hydrogen) atoms. The molecule has 8 heteroatoms. The average Bonchev–Trinajstić information content (AvgIpc) is 3.43. The smallest absolute Gasteiger partial charge is 0.250 e. The second-order valence-corrected chi connectivity index (χ2v) is 10.7. The fourth-order valence-corrected chi connectivity index (χ4v) is 5.87. The van der Waals surface area contributed by atoms with Crippen molar-refractivity contribution >= 4 is 35.2 Å². The largest absolute Gasteiger partial charge is 0.495 e. The molecular weight excluding hydrogens is 510 g/mol. The lowest BCUT2D eigenvalue weighted by Gasteiger charge is -2.36. The molecule has 7 nitrogen and oxygen atoms in total.